The second-order valence-electron chi connectivity index (χ2n) is 9.15. The van der Waals surface area contributed by atoms with Crippen LogP contribution in [0.3, 0.4) is 0 Å². The van der Waals surface area contributed by atoms with Crippen LogP contribution in [-0.2, 0) is 13.1 Å². The third kappa shape index (κ3) is 5.05. The molecule has 0 saturated carbocycles. The van der Waals surface area contributed by atoms with Crippen molar-refractivity contribution in [2.24, 2.45) is 5.92 Å². The van der Waals surface area contributed by atoms with Crippen LogP contribution in [0.4, 0.5) is 4.39 Å². The van der Waals surface area contributed by atoms with Gasteiger partial charge in [0.05, 0.1) is 0 Å². The van der Waals surface area contributed by atoms with Crippen molar-refractivity contribution < 1.29 is 9.18 Å². The van der Waals surface area contributed by atoms with Gasteiger partial charge in [0.1, 0.15) is 11.5 Å². The lowest BCUT2D eigenvalue weighted by Gasteiger charge is -2.32. The standard InChI is InChI=1S/C29H30FN3O/c30-26-12-10-24(11-13-26)21-33-27-9-5-4-8-25(27)18-28(33)29(34)32-16-14-23(15-17-32)20-31-19-22-6-2-1-3-7-22/h1-13,18,23,31H,14-17,19-21H2. The van der Waals surface area contributed by atoms with Crippen molar-refractivity contribution in [3.63, 3.8) is 0 Å². The summed E-state index contributed by atoms with van der Waals surface area (Å²) >= 11 is 0. The summed E-state index contributed by atoms with van der Waals surface area (Å²) in [6.45, 7) is 3.93. The van der Waals surface area contributed by atoms with Crippen LogP contribution in [0.1, 0.15) is 34.5 Å². The maximum atomic E-state index is 13.6. The van der Waals surface area contributed by atoms with Gasteiger partial charge < -0.3 is 14.8 Å². The zero-order chi connectivity index (χ0) is 23.3. The molecular weight excluding hydrogens is 425 g/mol. The Morgan fingerprint density at radius 1 is 0.882 bits per heavy atom. The number of carbonyl (C=O) groups is 1. The highest BCUT2D eigenvalue weighted by Crippen LogP contribution is 2.25. The summed E-state index contributed by atoms with van der Waals surface area (Å²) in [6, 6.07) is 27.0. The minimum atomic E-state index is -0.251. The number of aromatic nitrogens is 1. The number of amides is 1. The molecule has 174 valence electrons. The maximum Gasteiger partial charge on any atom is 0.270 e. The van der Waals surface area contributed by atoms with Crippen LogP contribution in [0.25, 0.3) is 10.9 Å². The molecule has 0 radical (unpaired) electrons. The zero-order valence-corrected chi connectivity index (χ0v) is 19.3. The van der Waals surface area contributed by atoms with Gasteiger partial charge in [-0.05, 0) is 60.7 Å². The van der Waals surface area contributed by atoms with Gasteiger partial charge in [-0.25, -0.2) is 4.39 Å². The van der Waals surface area contributed by atoms with E-state index in [4.69, 9.17) is 0 Å². The number of hydrogen-bond donors (Lipinski definition) is 1. The Morgan fingerprint density at radius 2 is 1.59 bits per heavy atom. The Kier molecular flexibility index (Phi) is 6.72. The largest absolute Gasteiger partial charge is 0.337 e. The molecule has 4 aromatic rings. The first kappa shape index (κ1) is 22.4. The Balaban J connectivity index is 1.25. The van der Waals surface area contributed by atoms with E-state index in [1.807, 2.05) is 41.3 Å². The monoisotopic (exact) mass is 455 g/mol. The Morgan fingerprint density at radius 3 is 2.35 bits per heavy atom. The molecule has 1 N–H and O–H groups in total. The number of hydrogen-bond acceptors (Lipinski definition) is 2. The second kappa shape index (κ2) is 10.2. The van der Waals surface area contributed by atoms with E-state index in [-0.39, 0.29) is 11.7 Å². The summed E-state index contributed by atoms with van der Waals surface area (Å²) < 4.78 is 15.5. The molecule has 0 unspecified atom stereocenters. The number of para-hydroxylation sites is 1. The Labute approximate surface area is 200 Å². The molecule has 1 aromatic heterocycles. The van der Waals surface area contributed by atoms with Gasteiger partial charge in [0.25, 0.3) is 5.91 Å². The van der Waals surface area contributed by atoms with Crippen LogP contribution in [-0.4, -0.2) is 35.0 Å². The summed E-state index contributed by atoms with van der Waals surface area (Å²) in [6.07, 6.45) is 2.01. The highest BCUT2D eigenvalue weighted by molar-refractivity contribution is 5.99. The van der Waals surface area contributed by atoms with Crippen molar-refractivity contribution in [2.45, 2.75) is 25.9 Å². The minimum Gasteiger partial charge on any atom is -0.337 e. The van der Waals surface area contributed by atoms with Crippen LogP contribution < -0.4 is 5.32 Å². The van der Waals surface area contributed by atoms with Crippen molar-refractivity contribution in [3.8, 4) is 0 Å². The van der Waals surface area contributed by atoms with Crippen LogP contribution in [0.5, 0.6) is 0 Å². The van der Waals surface area contributed by atoms with Gasteiger partial charge in [-0.1, -0.05) is 60.7 Å². The lowest BCUT2D eigenvalue weighted by Crippen LogP contribution is -2.41. The van der Waals surface area contributed by atoms with E-state index in [2.05, 4.69) is 34.1 Å². The van der Waals surface area contributed by atoms with Gasteiger partial charge in [0, 0.05) is 37.1 Å². The molecule has 0 spiro atoms. The average Bonchev–Trinajstić information content (AvgIpc) is 3.24. The highest BCUT2D eigenvalue weighted by Gasteiger charge is 2.26. The molecule has 1 saturated heterocycles. The molecule has 3 aromatic carbocycles. The number of piperidine rings is 1. The second-order valence-corrected chi connectivity index (χ2v) is 9.15. The molecule has 1 aliphatic rings. The fraction of sp³-hybridized carbons (Fsp3) is 0.276. The summed E-state index contributed by atoms with van der Waals surface area (Å²) in [4.78, 5) is 15.6. The van der Waals surface area contributed by atoms with Gasteiger partial charge in [-0.3, -0.25) is 4.79 Å². The minimum absolute atomic E-state index is 0.0778. The fourth-order valence-corrected chi connectivity index (χ4v) is 4.85. The SMILES string of the molecule is O=C(c1cc2ccccc2n1Cc1ccc(F)cc1)N1CCC(CNCc2ccccc2)CC1. The third-order valence-electron chi connectivity index (χ3n) is 6.79. The average molecular weight is 456 g/mol. The molecule has 0 atom stereocenters. The fourth-order valence-electron chi connectivity index (χ4n) is 4.85. The van der Waals surface area contributed by atoms with Crippen molar-refractivity contribution >= 4 is 16.8 Å². The van der Waals surface area contributed by atoms with Crippen molar-refractivity contribution in [2.75, 3.05) is 19.6 Å². The van der Waals surface area contributed by atoms with Crippen LogP contribution in [0, 0.1) is 11.7 Å². The Hall–Kier alpha value is -3.44. The number of fused-ring (bicyclic) bond motifs is 1. The van der Waals surface area contributed by atoms with E-state index >= 15 is 0 Å². The molecule has 5 heteroatoms. The third-order valence-corrected chi connectivity index (χ3v) is 6.79. The molecule has 5 rings (SSSR count). The lowest BCUT2D eigenvalue weighted by atomic mass is 9.96. The van der Waals surface area contributed by atoms with Crippen molar-refractivity contribution in [1.82, 2.24) is 14.8 Å². The first-order chi connectivity index (χ1) is 16.7. The number of carbonyl (C=O) groups excluding carboxylic acids is 1. The summed E-state index contributed by atoms with van der Waals surface area (Å²) in [5.41, 5.74) is 3.99. The van der Waals surface area contributed by atoms with E-state index in [0.717, 1.165) is 55.5 Å². The smallest absolute Gasteiger partial charge is 0.270 e. The van der Waals surface area contributed by atoms with Gasteiger partial charge in [0.2, 0.25) is 0 Å². The van der Waals surface area contributed by atoms with Gasteiger partial charge in [-0.15, -0.1) is 0 Å². The first-order valence-corrected chi connectivity index (χ1v) is 12.0. The molecule has 0 bridgehead atoms. The molecular formula is C29H30FN3O. The van der Waals surface area contributed by atoms with E-state index in [0.29, 0.717) is 18.2 Å². The number of benzene rings is 3. The normalized spacial score (nSPS) is 14.6. The highest BCUT2D eigenvalue weighted by atomic mass is 19.1. The van der Waals surface area contributed by atoms with E-state index < -0.39 is 0 Å². The molecule has 1 fully saturated rings. The summed E-state index contributed by atoms with van der Waals surface area (Å²) in [7, 11) is 0. The molecule has 2 heterocycles. The molecule has 4 nitrogen and oxygen atoms in total. The van der Waals surface area contributed by atoms with E-state index in [9.17, 15) is 9.18 Å². The van der Waals surface area contributed by atoms with Crippen molar-refractivity contribution in [3.05, 3.63) is 108 Å². The first-order valence-electron chi connectivity index (χ1n) is 12.0. The van der Waals surface area contributed by atoms with Gasteiger partial charge in [-0.2, -0.15) is 0 Å². The molecule has 1 amide bonds. The van der Waals surface area contributed by atoms with Gasteiger partial charge >= 0.3 is 0 Å². The zero-order valence-electron chi connectivity index (χ0n) is 19.3. The number of nitrogens with one attached hydrogen (secondary N) is 1. The molecule has 0 aliphatic carbocycles. The lowest BCUT2D eigenvalue weighted by molar-refractivity contribution is 0.0680. The maximum absolute atomic E-state index is 13.6. The van der Waals surface area contributed by atoms with Crippen LogP contribution in [0.15, 0.2) is 84.9 Å². The topological polar surface area (TPSA) is 37.3 Å². The van der Waals surface area contributed by atoms with E-state index in [1.165, 1.54) is 17.7 Å². The number of halogens is 1. The van der Waals surface area contributed by atoms with E-state index in [1.54, 1.807) is 12.1 Å². The van der Waals surface area contributed by atoms with Crippen LogP contribution in [0.2, 0.25) is 0 Å². The summed E-state index contributed by atoms with van der Waals surface area (Å²) in [5.74, 6) is 0.408. The summed E-state index contributed by atoms with van der Waals surface area (Å²) in [5, 5.41) is 4.62. The number of rotatable bonds is 7. The number of likely N-dealkylation sites (tertiary alicyclic amines) is 1. The predicted octanol–water partition coefficient (Wildman–Crippen LogP) is 5.47. The Bertz CT molecular complexity index is 1240. The molecule has 1 aliphatic heterocycles. The van der Waals surface area contributed by atoms with Gasteiger partial charge in [0.15, 0.2) is 0 Å². The number of nitrogens with zero attached hydrogens (tertiary/aromatic N) is 2. The molecule has 34 heavy (non-hydrogen) atoms. The quantitative estimate of drug-likeness (QED) is 0.401. The van der Waals surface area contributed by atoms with Crippen molar-refractivity contribution in [1.29, 1.82) is 0 Å². The predicted molar refractivity (Wildman–Crippen MR) is 134 cm³/mol. The van der Waals surface area contributed by atoms with Crippen LogP contribution >= 0.6 is 0 Å².